The lowest BCUT2D eigenvalue weighted by atomic mass is 10.2. The highest BCUT2D eigenvalue weighted by molar-refractivity contribution is 5.68. The van der Waals surface area contributed by atoms with Crippen molar-refractivity contribution in [2.45, 2.75) is 6.18 Å². The molecule has 2 heterocycles. The molecule has 0 unspecified atom stereocenters. The lowest BCUT2D eigenvalue weighted by Crippen LogP contribution is -2.07. The van der Waals surface area contributed by atoms with Crippen molar-refractivity contribution in [2.24, 2.45) is 0 Å². The van der Waals surface area contributed by atoms with E-state index in [9.17, 15) is 18.0 Å². The average Bonchev–Trinajstić information content (AvgIpc) is 2.84. The quantitative estimate of drug-likeness (QED) is 0.788. The summed E-state index contributed by atoms with van der Waals surface area (Å²) in [6.07, 6.45) is -3.43. The van der Waals surface area contributed by atoms with E-state index in [0.29, 0.717) is 0 Å². The fourth-order valence-corrected chi connectivity index (χ4v) is 1.06. The summed E-state index contributed by atoms with van der Waals surface area (Å²) >= 11 is 0. The van der Waals surface area contributed by atoms with E-state index in [1.165, 1.54) is 0 Å². The maximum Gasteiger partial charge on any atom is 0.435 e. The lowest BCUT2D eigenvalue weighted by molar-refractivity contribution is -0.140. The number of nitrogens with zero attached hydrogens (tertiary/aromatic N) is 3. The van der Waals surface area contributed by atoms with Gasteiger partial charge in [0.15, 0.2) is 5.69 Å². The number of halogens is 3. The third kappa shape index (κ3) is 1.66. The molecule has 2 aromatic heterocycles. The maximum atomic E-state index is 12.4. The minimum absolute atomic E-state index is 0.240. The van der Waals surface area contributed by atoms with Gasteiger partial charge in [0.05, 0.1) is 5.56 Å². The van der Waals surface area contributed by atoms with Gasteiger partial charge in [-0.3, -0.25) is 9.89 Å². The Morgan fingerprint density at radius 3 is 2.69 bits per heavy atom. The number of carbonyl (C=O) groups excluding carboxylic acids is 1. The van der Waals surface area contributed by atoms with Gasteiger partial charge in [0, 0.05) is 6.20 Å². The molecular formula is C7H3F3N4O2. The van der Waals surface area contributed by atoms with Crippen LogP contribution in [0.5, 0.6) is 0 Å². The monoisotopic (exact) mass is 232 g/mol. The first-order valence-corrected chi connectivity index (χ1v) is 3.92. The Morgan fingerprint density at radius 2 is 2.12 bits per heavy atom. The smallest absolute Gasteiger partial charge is 0.414 e. The Hall–Kier alpha value is -2.19. The third-order valence-corrected chi connectivity index (χ3v) is 1.68. The number of carbonyl (C=O) groups is 1. The van der Waals surface area contributed by atoms with Crippen LogP contribution in [0.15, 0.2) is 10.6 Å². The molecule has 0 spiro atoms. The van der Waals surface area contributed by atoms with Crippen LogP contribution in [0.25, 0.3) is 11.5 Å². The summed E-state index contributed by atoms with van der Waals surface area (Å²) in [4.78, 5) is 10.2. The summed E-state index contributed by atoms with van der Waals surface area (Å²) in [6.45, 7) is 0. The summed E-state index contributed by atoms with van der Waals surface area (Å²) in [7, 11) is 0. The Labute approximate surface area is 85.5 Å². The summed E-state index contributed by atoms with van der Waals surface area (Å²) in [5, 5.41) is 11.6. The van der Waals surface area contributed by atoms with Crippen LogP contribution in [0.4, 0.5) is 13.2 Å². The molecule has 0 aliphatic heterocycles. The summed E-state index contributed by atoms with van der Waals surface area (Å²) in [6, 6.07) is 0. The largest absolute Gasteiger partial charge is 0.435 e. The Morgan fingerprint density at radius 1 is 1.38 bits per heavy atom. The van der Waals surface area contributed by atoms with Gasteiger partial charge in [0.2, 0.25) is 6.29 Å². The van der Waals surface area contributed by atoms with Gasteiger partial charge in [-0.25, -0.2) is 0 Å². The van der Waals surface area contributed by atoms with E-state index < -0.39 is 29.2 Å². The van der Waals surface area contributed by atoms with E-state index in [1.54, 1.807) is 0 Å². The molecule has 0 aromatic carbocycles. The number of aromatic amines is 1. The molecule has 0 saturated heterocycles. The summed E-state index contributed by atoms with van der Waals surface area (Å²) in [5.41, 5.74) is -1.57. The van der Waals surface area contributed by atoms with Crippen LogP contribution in [-0.2, 0) is 6.18 Å². The Kier molecular flexibility index (Phi) is 2.22. The summed E-state index contributed by atoms with van der Waals surface area (Å²) < 4.78 is 41.9. The second kappa shape index (κ2) is 3.43. The number of nitrogens with one attached hydrogen (secondary N) is 1. The molecule has 6 nitrogen and oxygen atoms in total. The van der Waals surface area contributed by atoms with Crippen LogP contribution < -0.4 is 0 Å². The number of alkyl halides is 3. The highest BCUT2D eigenvalue weighted by atomic mass is 19.4. The second-order valence-corrected chi connectivity index (χ2v) is 2.71. The molecule has 9 heteroatoms. The van der Waals surface area contributed by atoms with Crippen LogP contribution in [0.3, 0.4) is 0 Å². The molecule has 0 aliphatic carbocycles. The van der Waals surface area contributed by atoms with E-state index in [2.05, 4.69) is 19.7 Å². The van der Waals surface area contributed by atoms with Gasteiger partial charge in [0.25, 0.3) is 11.8 Å². The van der Waals surface area contributed by atoms with Gasteiger partial charge in [-0.1, -0.05) is 0 Å². The Balaban J connectivity index is 2.48. The minimum Gasteiger partial charge on any atom is -0.414 e. The van der Waals surface area contributed by atoms with E-state index in [4.69, 9.17) is 0 Å². The number of H-pyrrole nitrogens is 1. The molecule has 0 atom stereocenters. The lowest BCUT2D eigenvalue weighted by Gasteiger charge is -2.02. The highest BCUT2D eigenvalue weighted by Gasteiger charge is 2.38. The van der Waals surface area contributed by atoms with Crippen LogP contribution in [0, 0.1) is 0 Å². The van der Waals surface area contributed by atoms with E-state index in [1.807, 2.05) is 5.10 Å². The van der Waals surface area contributed by atoms with Crippen LogP contribution in [0.2, 0.25) is 0 Å². The zero-order chi connectivity index (χ0) is 11.8. The molecule has 0 radical (unpaired) electrons. The topological polar surface area (TPSA) is 84.7 Å². The molecule has 84 valence electrons. The third-order valence-electron chi connectivity index (χ3n) is 1.68. The first-order valence-electron chi connectivity index (χ1n) is 3.92. The van der Waals surface area contributed by atoms with Crippen LogP contribution >= 0.6 is 0 Å². The van der Waals surface area contributed by atoms with Crippen molar-refractivity contribution < 1.29 is 22.4 Å². The predicted octanol–water partition coefficient (Wildman–Crippen LogP) is 1.29. The molecule has 16 heavy (non-hydrogen) atoms. The first kappa shape index (κ1) is 10.3. The standard InChI is InChI=1S/C7H3F3N4O2/c8-7(9,10)5-3(1-11-13-5)6-14-12-4(2-15)16-6/h1-2H,(H,11,13). The molecule has 0 aliphatic rings. The van der Waals surface area contributed by atoms with E-state index >= 15 is 0 Å². The fraction of sp³-hybridized carbons (Fsp3) is 0.143. The SMILES string of the molecule is O=Cc1nnc(-c2c[nH]nc2C(F)(F)F)o1. The van der Waals surface area contributed by atoms with Crippen LogP contribution in [0.1, 0.15) is 16.4 Å². The van der Waals surface area contributed by atoms with Gasteiger partial charge >= 0.3 is 6.18 Å². The molecule has 2 rings (SSSR count). The normalized spacial score (nSPS) is 11.7. The van der Waals surface area contributed by atoms with E-state index in [-0.39, 0.29) is 6.29 Å². The van der Waals surface area contributed by atoms with Crippen molar-refractivity contribution in [1.82, 2.24) is 20.4 Å². The minimum atomic E-state index is -4.63. The number of hydrogen-bond acceptors (Lipinski definition) is 5. The second-order valence-electron chi connectivity index (χ2n) is 2.71. The van der Waals surface area contributed by atoms with Crippen LogP contribution in [-0.4, -0.2) is 26.7 Å². The van der Waals surface area contributed by atoms with Gasteiger partial charge in [-0.05, 0) is 0 Å². The van der Waals surface area contributed by atoms with Crippen molar-refractivity contribution in [3.8, 4) is 11.5 Å². The van der Waals surface area contributed by atoms with Crippen molar-refractivity contribution in [3.05, 3.63) is 17.8 Å². The number of aromatic nitrogens is 4. The molecule has 1 N–H and O–H groups in total. The zero-order valence-corrected chi connectivity index (χ0v) is 7.45. The molecule has 0 amide bonds. The highest BCUT2D eigenvalue weighted by Crippen LogP contribution is 2.34. The summed E-state index contributed by atoms with van der Waals surface area (Å²) in [5.74, 6) is -0.813. The van der Waals surface area contributed by atoms with Crippen molar-refractivity contribution in [1.29, 1.82) is 0 Å². The van der Waals surface area contributed by atoms with Gasteiger partial charge in [0.1, 0.15) is 0 Å². The molecule has 0 fully saturated rings. The first-order chi connectivity index (χ1) is 7.52. The fourth-order valence-electron chi connectivity index (χ4n) is 1.06. The molecule has 0 saturated carbocycles. The number of aldehydes is 1. The van der Waals surface area contributed by atoms with Crippen molar-refractivity contribution in [3.63, 3.8) is 0 Å². The van der Waals surface area contributed by atoms with Gasteiger partial charge in [-0.15, -0.1) is 10.2 Å². The Bertz CT molecular complexity index is 516. The molecular weight excluding hydrogens is 229 g/mol. The van der Waals surface area contributed by atoms with Gasteiger partial charge in [-0.2, -0.15) is 18.3 Å². The number of hydrogen-bond donors (Lipinski definition) is 1. The predicted molar refractivity (Wildman–Crippen MR) is 42.3 cm³/mol. The molecule has 2 aromatic rings. The van der Waals surface area contributed by atoms with Crippen molar-refractivity contribution in [2.75, 3.05) is 0 Å². The van der Waals surface area contributed by atoms with Gasteiger partial charge < -0.3 is 4.42 Å². The molecule has 0 bridgehead atoms. The van der Waals surface area contributed by atoms with Crippen molar-refractivity contribution >= 4 is 6.29 Å². The maximum absolute atomic E-state index is 12.4. The zero-order valence-electron chi connectivity index (χ0n) is 7.45. The van der Waals surface area contributed by atoms with E-state index in [0.717, 1.165) is 6.20 Å². The number of rotatable bonds is 2. The average molecular weight is 232 g/mol.